The molecule has 3 rings (SSSR count). The largest absolute Gasteiger partial charge is 0.373 e. The van der Waals surface area contributed by atoms with Gasteiger partial charge in [-0.05, 0) is 33.0 Å². The van der Waals surface area contributed by atoms with Crippen LogP contribution in [0, 0.1) is 6.92 Å². The number of nitrogens with zero attached hydrogens (tertiary/aromatic N) is 3. The van der Waals surface area contributed by atoms with E-state index in [1.54, 1.807) is 0 Å². The molecule has 140 valence electrons. The van der Waals surface area contributed by atoms with Crippen LogP contribution in [0.3, 0.4) is 0 Å². The van der Waals surface area contributed by atoms with E-state index in [0.717, 1.165) is 29.8 Å². The predicted molar refractivity (Wildman–Crippen MR) is 101 cm³/mol. The first-order chi connectivity index (χ1) is 12.5. The second-order valence-electron chi connectivity index (χ2n) is 7.05. The van der Waals surface area contributed by atoms with E-state index in [4.69, 9.17) is 4.74 Å². The average molecular weight is 356 g/mol. The van der Waals surface area contributed by atoms with Crippen LogP contribution in [0.15, 0.2) is 30.3 Å². The third-order valence-corrected chi connectivity index (χ3v) is 4.97. The molecule has 0 spiro atoms. The van der Waals surface area contributed by atoms with Crippen LogP contribution < -0.4 is 0 Å². The normalized spacial score (nSPS) is 20.6. The molecule has 6 heteroatoms. The Morgan fingerprint density at radius 1 is 1.35 bits per heavy atom. The Balaban J connectivity index is 1.96. The minimum absolute atomic E-state index is 0.0284. The van der Waals surface area contributed by atoms with Gasteiger partial charge < -0.3 is 14.5 Å². The van der Waals surface area contributed by atoms with Crippen LogP contribution in [-0.4, -0.2) is 65.8 Å². The lowest BCUT2D eigenvalue weighted by Gasteiger charge is -2.42. The highest BCUT2D eigenvalue weighted by molar-refractivity contribution is 5.94. The lowest BCUT2D eigenvalue weighted by atomic mass is 9.96. The molecule has 0 unspecified atom stereocenters. The van der Waals surface area contributed by atoms with E-state index in [1.807, 2.05) is 44.1 Å². The van der Waals surface area contributed by atoms with E-state index in [1.165, 1.54) is 0 Å². The molecule has 1 fully saturated rings. The number of aromatic nitrogens is 2. The standard InChI is InChI=1S/C20H28N4O2/c1-5-16-14(2)18(22-21-16)20(25)24-11-12-26-17(13-23(3)4)19(24)15-9-7-6-8-10-15/h6-10,17,19H,5,11-13H2,1-4H3,(H,21,22)/t17-,19-/m0/s1. The first-order valence-corrected chi connectivity index (χ1v) is 9.19. The van der Waals surface area contributed by atoms with Crippen LogP contribution in [0.2, 0.25) is 0 Å². The Hall–Kier alpha value is -2.18. The topological polar surface area (TPSA) is 61.5 Å². The fourth-order valence-electron chi connectivity index (χ4n) is 3.64. The lowest BCUT2D eigenvalue weighted by molar-refractivity contribution is -0.0686. The number of nitrogens with one attached hydrogen (secondary N) is 1. The predicted octanol–water partition coefficient (Wildman–Crippen LogP) is 2.42. The number of rotatable bonds is 5. The molecule has 1 aliphatic heterocycles. The molecule has 0 bridgehead atoms. The van der Waals surface area contributed by atoms with E-state index in [9.17, 15) is 4.79 Å². The molecule has 1 aromatic heterocycles. The third-order valence-electron chi connectivity index (χ3n) is 4.97. The SMILES string of the molecule is CCc1[nH]nc(C(=O)N2CCO[C@@H](CN(C)C)[C@@H]2c2ccccc2)c1C. The van der Waals surface area contributed by atoms with E-state index in [-0.39, 0.29) is 18.1 Å². The number of hydrogen-bond acceptors (Lipinski definition) is 4. The van der Waals surface area contributed by atoms with Gasteiger partial charge in [-0.25, -0.2) is 0 Å². The summed E-state index contributed by atoms with van der Waals surface area (Å²) in [6.45, 7) is 5.88. The Morgan fingerprint density at radius 3 is 2.69 bits per heavy atom. The molecule has 0 saturated carbocycles. The number of amides is 1. The number of benzene rings is 1. The molecule has 26 heavy (non-hydrogen) atoms. The summed E-state index contributed by atoms with van der Waals surface area (Å²) in [5.41, 5.74) is 3.58. The maximum absolute atomic E-state index is 13.3. The molecule has 1 aliphatic rings. The summed E-state index contributed by atoms with van der Waals surface area (Å²) in [6.07, 6.45) is 0.760. The fraction of sp³-hybridized carbons (Fsp3) is 0.500. The summed E-state index contributed by atoms with van der Waals surface area (Å²) in [7, 11) is 4.05. The molecular formula is C20H28N4O2. The zero-order valence-electron chi connectivity index (χ0n) is 16.0. The summed E-state index contributed by atoms with van der Waals surface area (Å²) in [6, 6.07) is 10.0. The molecule has 0 radical (unpaired) electrons. The van der Waals surface area contributed by atoms with Gasteiger partial charge in [0.15, 0.2) is 5.69 Å². The highest BCUT2D eigenvalue weighted by Crippen LogP contribution is 2.31. The second kappa shape index (κ2) is 8.01. The third kappa shape index (κ3) is 3.66. The van der Waals surface area contributed by atoms with Crippen molar-refractivity contribution >= 4 is 5.91 Å². The Bertz CT molecular complexity index is 742. The van der Waals surface area contributed by atoms with Crippen LogP contribution in [0.1, 0.15) is 40.3 Å². The molecular weight excluding hydrogens is 328 g/mol. The highest BCUT2D eigenvalue weighted by Gasteiger charge is 2.38. The number of hydrogen-bond donors (Lipinski definition) is 1. The van der Waals surface area contributed by atoms with Crippen LogP contribution in [-0.2, 0) is 11.2 Å². The summed E-state index contributed by atoms with van der Waals surface area (Å²) >= 11 is 0. The molecule has 1 saturated heterocycles. The molecule has 2 heterocycles. The van der Waals surface area contributed by atoms with E-state index >= 15 is 0 Å². The monoisotopic (exact) mass is 356 g/mol. The molecule has 1 amide bonds. The zero-order chi connectivity index (χ0) is 18.7. The fourth-order valence-corrected chi connectivity index (χ4v) is 3.64. The van der Waals surface area contributed by atoms with Crippen molar-refractivity contribution in [2.45, 2.75) is 32.4 Å². The van der Waals surface area contributed by atoms with Gasteiger partial charge in [-0.2, -0.15) is 5.10 Å². The first-order valence-electron chi connectivity index (χ1n) is 9.19. The zero-order valence-corrected chi connectivity index (χ0v) is 16.0. The van der Waals surface area contributed by atoms with Crippen molar-refractivity contribution in [1.29, 1.82) is 0 Å². The Kier molecular flexibility index (Phi) is 5.74. The van der Waals surface area contributed by atoms with Gasteiger partial charge in [0.25, 0.3) is 5.91 Å². The summed E-state index contributed by atoms with van der Waals surface area (Å²) in [4.78, 5) is 17.4. The molecule has 2 aromatic rings. The van der Waals surface area contributed by atoms with Gasteiger partial charge in [0.1, 0.15) is 0 Å². The minimum atomic E-state index is -0.124. The van der Waals surface area contributed by atoms with Gasteiger partial charge >= 0.3 is 0 Å². The number of likely N-dealkylation sites (N-methyl/N-ethyl adjacent to an activating group) is 1. The number of carbonyl (C=O) groups is 1. The van der Waals surface area contributed by atoms with Crippen LogP contribution >= 0.6 is 0 Å². The van der Waals surface area contributed by atoms with Gasteiger partial charge in [-0.1, -0.05) is 37.3 Å². The molecule has 0 aliphatic carbocycles. The number of carbonyl (C=O) groups excluding carboxylic acids is 1. The van der Waals surface area contributed by atoms with Crippen molar-refractivity contribution in [3.05, 3.63) is 52.8 Å². The van der Waals surface area contributed by atoms with Crippen molar-refractivity contribution in [3.63, 3.8) is 0 Å². The van der Waals surface area contributed by atoms with Gasteiger partial charge in [0.05, 0.1) is 18.8 Å². The van der Waals surface area contributed by atoms with Crippen molar-refractivity contribution in [2.75, 3.05) is 33.8 Å². The van der Waals surface area contributed by atoms with E-state index < -0.39 is 0 Å². The van der Waals surface area contributed by atoms with Crippen molar-refractivity contribution in [3.8, 4) is 0 Å². The maximum Gasteiger partial charge on any atom is 0.275 e. The number of aryl methyl sites for hydroxylation is 1. The Morgan fingerprint density at radius 2 is 2.08 bits per heavy atom. The Labute approximate surface area is 155 Å². The number of H-pyrrole nitrogens is 1. The van der Waals surface area contributed by atoms with Crippen LogP contribution in [0.5, 0.6) is 0 Å². The minimum Gasteiger partial charge on any atom is -0.373 e. The number of morpholine rings is 1. The van der Waals surface area contributed by atoms with Crippen molar-refractivity contribution in [2.24, 2.45) is 0 Å². The summed E-state index contributed by atoms with van der Waals surface area (Å²) in [5, 5.41) is 7.31. The summed E-state index contributed by atoms with van der Waals surface area (Å²) in [5.74, 6) is -0.0284. The highest BCUT2D eigenvalue weighted by atomic mass is 16.5. The second-order valence-corrected chi connectivity index (χ2v) is 7.05. The smallest absolute Gasteiger partial charge is 0.275 e. The molecule has 2 atom stereocenters. The molecule has 1 aromatic carbocycles. The van der Waals surface area contributed by atoms with Gasteiger partial charge in [0.2, 0.25) is 0 Å². The van der Waals surface area contributed by atoms with Crippen molar-refractivity contribution in [1.82, 2.24) is 20.0 Å². The van der Waals surface area contributed by atoms with Gasteiger partial charge in [-0.3, -0.25) is 9.89 Å². The quantitative estimate of drug-likeness (QED) is 0.894. The average Bonchev–Trinajstić information content (AvgIpc) is 3.01. The van der Waals surface area contributed by atoms with Crippen molar-refractivity contribution < 1.29 is 9.53 Å². The lowest BCUT2D eigenvalue weighted by Crippen LogP contribution is -2.51. The molecule has 6 nitrogen and oxygen atoms in total. The first kappa shape index (κ1) is 18.6. The van der Waals surface area contributed by atoms with E-state index in [0.29, 0.717) is 18.8 Å². The number of aromatic amines is 1. The van der Waals surface area contributed by atoms with Gasteiger partial charge in [0, 0.05) is 24.3 Å². The summed E-state index contributed by atoms with van der Waals surface area (Å²) < 4.78 is 6.06. The number of ether oxygens (including phenoxy) is 1. The molecule has 1 N–H and O–H groups in total. The van der Waals surface area contributed by atoms with Crippen LogP contribution in [0.25, 0.3) is 0 Å². The van der Waals surface area contributed by atoms with E-state index in [2.05, 4.69) is 34.2 Å². The maximum atomic E-state index is 13.3. The van der Waals surface area contributed by atoms with Gasteiger partial charge in [-0.15, -0.1) is 0 Å². The van der Waals surface area contributed by atoms with Crippen LogP contribution in [0.4, 0.5) is 0 Å².